The minimum atomic E-state index is -2.35. The fraction of sp³-hybridized carbons (Fsp3) is 0.214. The summed E-state index contributed by atoms with van der Waals surface area (Å²) < 4.78 is 27.5. The first kappa shape index (κ1) is 27.0. The van der Waals surface area contributed by atoms with Crippen LogP contribution in [0.25, 0.3) is 0 Å². The normalized spacial score (nSPS) is 22.2. The Morgan fingerprint density at radius 1 is 0.763 bits per heavy atom. The van der Waals surface area contributed by atoms with Crippen molar-refractivity contribution in [2.75, 3.05) is 13.7 Å². The third kappa shape index (κ3) is 5.76. The molecule has 0 aromatic heterocycles. The molecule has 4 rings (SSSR count). The van der Waals surface area contributed by atoms with Crippen molar-refractivity contribution in [3.63, 3.8) is 0 Å². The maximum atomic E-state index is 13.0. The third-order valence-corrected chi connectivity index (χ3v) is 6.83. The van der Waals surface area contributed by atoms with E-state index in [1.54, 1.807) is 78.9 Å². The van der Waals surface area contributed by atoms with E-state index in [0.717, 1.165) is 7.11 Å². The molecule has 1 fully saturated rings. The standard InChI is InChI=1S/C28H23BrO9/c1-34-27(33)28(38-26(32)20-15-9-4-10-16-20)23(29)22(36-25(31)19-13-7-3-8-14-19)21(37-28)17-35-24(30)18-11-5-2-6-12-18/h2-16,21-23H,17H2,1H3/t21-,22-,23-,28+/m1/s1. The zero-order chi connectivity index (χ0) is 27.1. The number of halogens is 1. The lowest BCUT2D eigenvalue weighted by Crippen LogP contribution is -2.51. The molecule has 4 atom stereocenters. The summed E-state index contributed by atoms with van der Waals surface area (Å²) in [5.74, 6) is -5.67. The maximum Gasteiger partial charge on any atom is 0.381 e. The molecule has 1 heterocycles. The number of hydrogen-bond acceptors (Lipinski definition) is 9. The summed E-state index contributed by atoms with van der Waals surface area (Å²) in [6, 6.07) is 24.3. The first-order chi connectivity index (χ1) is 18.4. The minimum Gasteiger partial charge on any atom is -0.464 e. The van der Waals surface area contributed by atoms with Crippen molar-refractivity contribution < 1.29 is 42.9 Å². The second kappa shape index (κ2) is 12.0. The van der Waals surface area contributed by atoms with Crippen molar-refractivity contribution in [1.29, 1.82) is 0 Å². The van der Waals surface area contributed by atoms with Gasteiger partial charge in [0.15, 0.2) is 6.10 Å². The van der Waals surface area contributed by atoms with E-state index < -0.39 is 53.3 Å². The van der Waals surface area contributed by atoms with Crippen molar-refractivity contribution in [3.8, 4) is 0 Å². The molecular formula is C28H23BrO9. The summed E-state index contributed by atoms with van der Waals surface area (Å²) in [6.07, 6.45) is -2.43. The summed E-state index contributed by atoms with van der Waals surface area (Å²) in [7, 11) is 1.09. The molecule has 0 unspecified atom stereocenters. The highest BCUT2D eigenvalue weighted by molar-refractivity contribution is 9.09. The zero-order valence-electron chi connectivity index (χ0n) is 20.2. The molecule has 9 nitrogen and oxygen atoms in total. The average Bonchev–Trinajstić information content (AvgIpc) is 3.23. The molecule has 196 valence electrons. The third-order valence-electron chi connectivity index (χ3n) is 5.71. The van der Waals surface area contributed by atoms with Gasteiger partial charge in [0.1, 0.15) is 17.5 Å². The van der Waals surface area contributed by atoms with Gasteiger partial charge in [-0.1, -0.05) is 70.5 Å². The molecule has 1 aliphatic rings. The van der Waals surface area contributed by atoms with Gasteiger partial charge in [-0.3, -0.25) is 0 Å². The number of rotatable bonds is 8. The van der Waals surface area contributed by atoms with Gasteiger partial charge in [0.2, 0.25) is 0 Å². The van der Waals surface area contributed by atoms with Crippen molar-refractivity contribution in [3.05, 3.63) is 108 Å². The van der Waals surface area contributed by atoms with Gasteiger partial charge < -0.3 is 23.7 Å². The molecule has 1 saturated heterocycles. The summed E-state index contributed by atoms with van der Waals surface area (Å²) >= 11 is 3.34. The van der Waals surface area contributed by atoms with Gasteiger partial charge in [0.05, 0.1) is 23.8 Å². The number of carbonyl (C=O) groups is 4. The van der Waals surface area contributed by atoms with Crippen LogP contribution in [0.2, 0.25) is 0 Å². The van der Waals surface area contributed by atoms with Gasteiger partial charge in [-0.25, -0.2) is 19.2 Å². The van der Waals surface area contributed by atoms with Gasteiger partial charge in [0, 0.05) is 0 Å². The molecule has 3 aromatic rings. The Kier molecular flexibility index (Phi) is 8.55. The van der Waals surface area contributed by atoms with Crippen LogP contribution >= 0.6 is 15.9 Å². The molecule has 0 N–H and O–H groups in total. The van der Waals surface area contributed by atoms with E-state index in [2.05, 4.69) is 15.9 Å². The lowest BCUT2D eigenvalue weighted by Gasteiger charge is -2.28. The van der Waals surface area contributed by atoms with Gasteiger partial charge in [-0.15, -0.1) is 0 Å². The lowest BCUT2D eigenvalue weighted by molar-refractivity contribution is -0.220. The van der Waals surface area contributed by atoms with Crippen LogP contribution in [0.15, 0.2) is 91.0 Å². The highest BCUT2D eigenvalue weighted by Crippen LogP contribution is 2.41. The molecule has 0 spiro atoms. The van der Waals surface area contributed by atoms with E-state index in [-0.39, 0.29) is 16.7 Å². The minimum absolute atomic E-state index is 0.149. The van der Waals surface area contributed by atoms with Crippen LogP contribution in [0.1, 0.15) is 31.1 Å². The Balaban J connectivity index is 1.63. The van der Waals surface area contributed by atoms with Crippen LogP contribution in [0.3, 0.4) is 0 Å². The molecule has 0 aliphatic carbocycles. The fourth-order valence-corrected chi connectivity index (χ4v) is 4.64. The number of hydrogen-bond donors (Lipinski definition) is 0. The molecule has 38 heavy (non-hydrogen) atoms. The summed E-state index contributed by atoms with van der Waals surface area (Å²) in [6.45, 7) is -0.426. The largest absolute Gasteiger partial charge is 0.464 e. The monoisotopic (exact) mass is 582 g/mol. The van der Waals surface area contributed by atoms with E-state index in [4.69, 9.17) is 23.7 Å². The molecular weight excluding hydrogens is 560 g/mol. The van der Waals surface area contributed by atoms with Gasteiger partial charge in [0.25, 0.3) is 0 Å². The Morgan fingerprint density at radius 3 is 1.74 bits per heavy atom. The smallest absolute Gasteiger partial charge is 0.381 e. The Labute approximate surface area is 226 Å². The van der Waals surface area contributed by atoms with Gasteiger partial charge >= 0.3 is 29.7 Å². The fourth-order valence-electron chi connectivity index (χ4n) is 3.80. The predicted octanol–water partition coefficient (Wildman–Crippen LogP) is 3.96. The molecule has 0 amide bonds. The second-order valence-corrected chi connectivity index (χ2v) is 9.16. The first-order valence-corrected chi connectivity index (χ1v) is 12.4. The number of carbonyl (C=O) groups excluding carboxylic acids is 4. The van der Waals surface area contributed by atoms with Crippen molar-refractivity contribution in [2.45, 2.75) is 22.8 Å². The topological polar surface area (TPSA) is 114 Å². The van der Waals surface area contributed by atoms with Gasteiger partial charge in [-0.2, -0.15) is 0 Å². The zero-order valence-corrected chi connectivity index (χ0v) is 21.7. The Bertz CT molecular complexity index is 1280. The highest BCUT2D eigenvalue weighted by atomic mass is 79.9. The van der Waals surface area contributed by atoms with E-state index in [0.29, 0.717) is 0 Å². The molecule has 0 radical (unpaired) electrons. The van der Waals surface area contributed by atoms with Crippen molar-refractivity contribution in [2.24, 2.45) is 0 Å². The number of esters is 4. The SMILES string of the molecule is COC(=O)[C@]1(OC(=O)c2ccccc2)O[C@H](COC(=O)c2ccccc2)[C@@H](OC(=O)c2ccccc2)[C@H]1Br. The number of benzene rings is 3. The maximum absolute atomic E-state index is 13.0. The molecule has 0 saturated carbocycles. The molecule has 0 bridgehead atoms. The quantitative estimate of drug-likeness (QED) is 0.221. The second-order valence-electron chi connectivity index (χ2n) is 8.17. The molecule has 1 aliphatic heterocycles. The van der Waals surface area contributed by atoms with Crippen LogP contribution in [-0.4, -0.2) is 60.4 Å². The number of methoxy groups -OCH3 is 1. The van der Waals surface area contributed by atoms with Crippen LogP contribution in [0.4, 0.5) is 0 Å². The Hall–Kier alpha value is -4.02. The number of alkyl halides is 1. The van der Waals surface area contributed by atoms with Crippen LogP contribution in [-0.2, 0) is 28.5 Å². The van der Waals surface area contributed by atoms with Crippen LogP contribution in [0, 0.1) is 0 Å². The van der Waals surface area contributed by atoms with E-state index in [9.17, 15) is 19.2 Å². The summed E-state index contributed by atoms with van der Waals surface area (Å²) in [5, 5.41) is 0. The molecule has 3 aromatic carbocycles. The summed E-state index contributed by atoms with van der Waals surface area (Å²) in [5.41, 5.74) is 0.674. The van der Waals surface area contributed by atoms with Crippen molar-refractivity contribution in [1.82, 2.24) is 0 Å². The lowest BCUT2D eigenvalue weighted by atomic mass is 10.1. The number of ether oxygens (including phenoxy) is 5. The average molecular weight is 583 g/mol. The highest BCUT2D eigenvalue weighted by Gasteiger charge is 2.65. The molecule has 10 heteroatoms. The van der Waals surface area contributed by atoms with Crippen molar-refractivity contribution >= 4 is 39.8 Å². The Morgan fingerprint density at radius 2 is 1.24 bits per heavy atom. The summed E-state index contributed by atoms with van der Waals surface area (Å²) in [4.78, 5) is 50.2. The van der Waals surface area contributed by atoms with E-state index in [1.807, 2.05) is 0 Å². The van der Waals surface area contributed by atoms with Crippen LogP contribution in [0.5, 0.6) is 0 Å². The van der Waals surface area contributed by atoms with E-state index >= 15 is 0 Å². The van der Waals surface area contributed by atoms with E-state index in [1.165, 1.54) is 12.1 Å². The first-order valence-electron chi connectivity index (χ1n) is 11.5. The van der Waals surface area contributed by atoms with Crippen LogP contribution < -0.4 is 0 Å². The predicted molar refractivity (Wildman–Crippen MR) is 137 cm³/mol. The van der Waals surface area contributed by atoms with Gasteiger partial charge in [-0.05, 0) is 36.4 Å².